The first-order valence-electron chi connectivity index (χ1n) is 9.26. The molecule has 0 aliphatic rings. The molecule has 0 saturated heterocycles. The Kier molecular flexibility index (Phi) is 6.48. The normalized spacial score (nSPS) is 13.6. The molecule has 0 bridgehead atoms. The predicted octanol–water partition coefficient (Wildman–Crippen LogP) is 3.95. The quantitative estimate of drug-likeness (QED) is 0.473. The number of aryl methyl sites for hydroxylation is 1. The lowest BCUT2D eigenvalue weighted by atomic mass is 9.99. The number of nitrogens with one attached hydrogen (secondary N) is 1. The van der Waals surface area contributed by atoms with E-state index in [2.05, 4.69) is 5.32 Å². The highest BCUT2D eigenvalue weighted by Gasteiger charge is 2.30. The molecule has 1 amide bonds. The minimum Gasteiger partial charge on any atom is -0.444 e. The maximum atomic E-state index is 12.7. The first-order chi connectivity index (χ1) is 13.0. The van der Waals surface area contributed by atoms with Gasteiger partial charge in [0.25, 0.3) is 0 Å². The van der Waals surface area contributed by atoms with Crippen molar-refractivity contribution in [1.82, 2.24) is 5.32 Å². The van der Waals surface area contributed by atoms with Gasteiger partial charge in [0.05, 0.1) is 0 Å². The highest BCUT2D eigenvalue weighted by molar-refractivity contribution is 5.85. The van der Waals surface area contributed by atoms with Crippen LogP contribution in [0.15, 0.2) is 33.5 Å². The second kappa shape index (κ2) is 8.46. The Hall–Kier alpha value is -2.83. The van der Waals surface area contributed by atoms with Crippen molar-refractivity contribution in [3.63, 3.8) is 0 Å². The van der Waals surface area contributed by atoms with E-state index in [1.165, 1.54) is 12.1 Å². The number of alkyl carbamates (subject to hydrolysis) is 1. The molecule has 0 aliphatic carbocycles. The molecule has 2 aromatic rings. The van der Waals surface area contributed by atoms with Crippen LogP contribution < -0.4 is 15.7 Å². The van der Waals surface area contributed by atoms with Crippen LogP contribution in [0.2, 0.25) is 0 Å². The molecule has 2 atom stereocenters. The molecule has 0 saturated carbocycles. The number of rotatable bonds is 5. The summed E-state index contributed by atoms with van der Waals surface area (Å²) in [5, 5.41) is 3.34. The zero-order chi connectivity index (χ0) is 21.1. The van der Waals surface area contributed by atoms with Crippen LogP contribution in [0.4, 0.5) is 4.79 Å². The molecule has 7 nitrogen and oxygen atoms in total. The standard InChI is InChI=1S/C21H27NO6/c1-7-12(2)18(22-20(25)28-21(4,5)6)19(24)26-14-8-9-15-13(3)10-17(23)27-16(15)11-14/h8-12,18H,7H2,1-6H3,(H,22,25)/t12-,18+/m1/s1. The van der Waals surface area contributed by atoms with E-state index < -0.39 is 29.3 Å². The predicted molar refractivity (Wildman–Crippen MR) is 105 cm³/mol. The summed E-state index contributed by atoms with van der Waals surface area (Å²) in [6.45, 7) is 10.8. The van der Waals surface area contributed by atoms with Crippen molar-refractivity contribution >= 4 is 23.0 Å². The van der Waals surface area contributed by atoms with Gasteiger partial charge in [0, 0.05) is 17.5 Å². The third kappa shape index (κ3) is 5.58. The first-order valence-corrected chi connectivity index (χ1v) is 9.26. The molecule has 1 aromatic heterocycles. The molecule has 1 aromatic carbocycles. The van der Waals surface area contributed by atoms with Crippen molar-refractivity contribution in [2.75, 3.05) is 0 Å². The molecule has 0 aliphatic heterocycles. The minimum atomic E-state index is -0.875. The van der Waals surface area contributed by atoms with Gasteiger partial charge in [-0.05, 0) is 51.3 Å². The number of carbonyl (C=O) groups excluding carboxylic acids is 2. The van der Waals surface area contributed by atoms with Crippen molar-refractivity contribution in [2.24, 2.45) is 5.92 Å². The molecule has 2 rings (SSSR count). The first kappa shape index (κ1) is 21.5. The Morgan fingerprint density at radius 2 is 1.89 bits per heavy atom. The molecule has 1 N–H and O–H groups in total. The number of esters is 1. The van der Waals surface area contributed by atoms with E-state index in [4.69, 9.17) is 13.9 Å². The largest absolute Gasteiger partial charge is 0.444 e. The van der Waals surface area contributed by atoms with Gasteiger partial charge in [-0.1, -0.05) is 20.3 Å². The lowest BCUT2D eigenvalue weighted by Gasteiger charge is -2.25. The van der Waals surface area contributed by atoms with Crippen LogP contribution in [-0.4, -0.2) is 23.7 Å². The lowest BCUT2D eigenvalue weighted by Crippen LogP contribution is -2.48. The van der Waals surface area contributed by atoms with Gasteiger partial charge in [0.1, 0.15) is 23.0 Å². The Morgan fingerprint density at radius 1 is 1.21 bits per heavy atom. The van der Waals surface area contributed by atoms with Gasteiger partial charge in [-0.2, -0.15) is 0 Å². The fourth-order valence-electron chi connectivity index (χ4n) is 2.65. The second-order valence-electron chi connectivity index (χ2n) is 7.84. The number of amides is 1. The summed E-state index contributed by atoms with van der Waals surface area (Å²) in [7, 11) is 0. The van der Waals surface area contributed by atoms with E-state index in [1.807, 2.05) is 13.8 Å². The summed E-state index contributed by atoms with van der Waals surface area (Å²) in [4.78, 5) is 36.4. The molecule has 0 spiro atoms. The van der Waals surface area contributed by atoms with Gasteiger partial charge < -0.3 is 19.2 Å². The molecular weight excluding hydrogens is 362 g/mol. The zero-order valence-electron chi connectivity index (χ0n) is 17.1. The van der Waals surface area contributed by atoms with Crippen LogP contribution in [0.1, 0.15) is 46.6 Å². The van der Waals surface area contributed by atoms with Gasteiger partial charge in [-0.15, -0.1) is 0 Å². The van der Waals surface area contributed by atoms with E-state index in [-0.39, 0.29) is 11.7 Å². The average molecular weight is 389 g/mol. The van der Waals surface area contributed by atoms with E-state index in [0.717, 1.165) is 10.9 Å². The number of ether oxygens (including phenoxy) is 2. The van der Waals surface area contributed by atoms with Gasteiger partial charge in [-0.25, -0.2) is 14.4 Å². The summed E-state index contributed by atoms with van der Waals surface area (Å²) in [5.41, 5.74) is -0.0527. The SMILES string of the molecule is CC[C@@H](C)[C@H](NC(=O)OC(C)(C)C)C(=O)Oc1ccc2c(C)cc(=O)oc2c1. The van der Waals surface area contributed by atoms with Crippen LogP contribution in [0.5, 0.6) is 5.75 Å². The number of fused-ring (bicyclic) bond motifs is 1. The second-order valence-corrected chi connectivity index (χ2v) is 7.84. The van der Waals surface area contributed by atoms with E-state index in [0.29, 0.717) is 12.0 Å². The molecular formula is C21H27NO6. The topological polar surface area (TPSA) is 94.8 Å². The zero-order valence-corrected chi connectivity index (χ0v) is 17.1. The Labute approximate surface area is 164 Å². The molecule has 152 valence electrons. The van der Waals surface area contributed by atoms with E-state index >= 15 is 0 Å². The fraction of sp³-hybridized carbons (Fsp3) is 0.476. The van der Waals surface area contributed by atoms with E-state index in [1.54, 1.807) is 39.8 Å². The summed E-state index contributed by atoms with van der Waals surface area (Å²) >= 11 is 0. The van der Waals surface area contributed by atoms with Crippen LogP contribution in [0, 0.1) is 12.8 Å². The number of hydrogen-bond acceptors (Lipinski definition) is 6. The molecule has 0 radical (unpaired) electrons. The highest BCUT2D eigenvalue weighted by Crippen LogP contribution is 2.23. The summed E-state index contributed by atoms with van der Waals surface area (Å²) in [6.07, 6.45) is -0.0312. The van der Waals surface area contributed by atoms with Gasteiger partial charge in [0.2, 0.25) is 0 Å². The lowest BCUT2D eigenvalue weighted by molar-refractivity contribution is -0.138. The smallest absolute Gasteiger partial charge is 0.408 e. The molecule has 28 heavy (non-hydrogen) atoms. The Morgan fingerprint density at radius 3 is 2.50 bits per heavy atom. The fourth-order valence-corrected chi connectivity index (χ4v) is 2.65. The van der Waals surface area contributed by atoms with Crippen molar-refractivity contribution in [3.8, 4) is 5.75 Å². The average Bonchev–Trinajstić information content (AvgIpc) is 2.56. The van der Waals surface area contributed by atoms with Crippen molar-refractivity contribution < 1.29 is 23.5 Å². The maximum Gasteiger partial charge on any atom is 0.408 e. The Balaban J connectivity index is 2.22. The van der Waals surface area contributed by atoms with Crippen LogP contribution in [0.25, 0.3) is 11.0 Å². The van der Waals surface area contributed by atoms with Crippen LogP contribution >= 0.6 is 0 Å². The van der Waals surface area contributed by atoms with E-state index in [9.17, 15) is 14.4 Å². The number of hydrogen-bond donors (Lipinski definition) is 1. The number of carbonyl (C=O) groups is 2. The maximum absolute atomic E-state index is 12.7. The summed E-state index contributed by atoms with van der Waals surface area (Å²) in [6, 6.07) is 5.35. The van der Waals surface area contributed by atoms with Crippen LogP contribution in [0.3, 0.4) is 0 Å². The number of benzene rings is 1. The monoisotopic (exact) mass is 389 g/mol. The van der Waals surface area contributed by atoms with Gasteiger partial charge in [0.15, 0.2) is 0 Å². The van der Waals surface area contributed by atoms with Crippen molar-refractivity contribution in [3.05, 3.63) is 40.2 Å². The highest BCUT2D eigenvalue weighted by atomic mass is 16.6. The Bertz CT molecular complexity index is 925. The van der Waals surface area contributed by atoms with Crippen molar-refractivity contribution in [1.29, 1.82) is 0 Å². The molecule has 0 unspecified atom stereocenters. The molecule has 7 heteroatoms. The third-order valence-corrected chi connectivity index (χ3v) is 4.28. The van der Waals surface area contributed by atoms with Crippen molar-refractivity contribution in [2.45, 2.75) is 59.6 Å². The summed E-state index contributed by atoms with van der Waals surface area (Å²) < 4.78 is 15.9. The summed E-state index contributed by atoms with van der Waals surface area (Å²) in [5.74, 6) is -0.555. The van der Waals surface area contributed by atoms with Gasteiger partial charge in [-0.3, -0.25) is 0 Å². The van der Waals surface area contributed by atoms with Crippen LogP contribution in [-0.2, 0) is 9.53 Å². The molecule has 1 heterocycles. The minimum absolute atomic E-state index is 0.166. The van der Waals surface area contributed by atoms with Gasteiger partial charge >= 0.3 is 17.7 Å². The third-order valence-electron chi connectivity index (χ3n) is 4.28. The molecule has 0 fully saturated rings.